The van der Waals surface area contributed by atoms with Crippen LogP contribution in [0.4, 0.5) is 0 Å². The zero-order valence-corrected chi connectivity index (χ0v) is 10.2. The summed E-state index contributed by atoms with van der Waals surface area (Å²) in [6.07, 6.45) is 9.07. The zero-order valence-electron chi connectivity index (χ0n) is 10.2. The largest absolute Gasteiger partial charge is 0.342 e. The summed E-state index contributed by atoms with van der Waals surface area (Å²) in [6.45, 7) is 0. The second-order valence-corrected chi connectivity index (χ2v) is 4.86. The standard InChI is InChI=1S/C12H17N5O/c13-9(8-3-1-2-4-8)7-10-16-12(17-18-10)11-14-5-6-15-11/h5-6,8-9H,1-4,7,13H2,(H,14,15). The Balaban J connectivity index is 1.66. The molecule has 0 aliphatic heterocycles. The summed E-state index contributed by atoms with van der Waals surface area (Å²) in [7, 11) is 0. The molecule has 0 radical (unpaired) electrons. The molecule has 0 spiro atoms. The fraction of sp³-hybridized carbons (Fsp3) is 0.583. The van der Waals surface area contributed by atoms with E-state index in [-0.39, 0.29) is 6.04 Å². The molecule has 0 amide bonds. The fourth-order valence-corrected chi connectivity index (χ4v) is 2.58. The summed E-state index contributed by atoms with van der Waals surface area (Å²) < 4.78 is 5.22. The van der Waals surface area contributed by atoms with E-state index in [0.29, 0.717) is 29.9 Å². The number of rotatable bonds is 4. The second kappa shape index (κ2) is 4.89. The molecule has 0 saturated heterocycles. The molecule has 1 saturated carbocycles. The third-order valence-electron chi connectivity index (χ3n) is 3.59. The number of H-pyrrole nitrogens is 1. The Morgan fingerprint density at radius 2 is 2.28 bits per heavy atom. The van der Waals surface area contributed by atoms with Crippen molar-refractivity contribution >= 4 is 0 Å². The number of hydrogen-bond donors (Lipinski definition) is 2. The minimum absolute atomic E-state index is 0.123. The summed E-state index contributed by atoms with van der Waals surface area (Å²) in [4.78, 5) is 11.3. The van der Waals surface area contributed by atoms with Crippen LogP contribution in [0.5, 0.6) is 0 Å². The zero-order chi connectivity index (χ0) is 12.4. The fourth-order valence-electron chi connectivity index (χ4n) is 2.58. The van der Waals surface area contributed by atoms with Crippen LogP contribution in [0.3, 0.4) is 0 Å². The SMILES string of the molecule is NC(Cc1nc(-c2ncc[nH]2)no1)C1CCCC1. The number of nitrogens with zero attached hydrogens (tertiary/aromatic N) is 3. The molecular weight excluding hydrogens is 230 g/mol. The van der Waals surface area contributed by atoms with Gasteiger partial charge in [0.05, 0.1) is 0 Å². The molecule has 0 bridgehead atoms. The highest BCUT2D eigenvalue weighted by atomic mass is 16.5. The quantitative estimate of drug-likeness (QED) is 0.854. The van der Waals surface area contributed by atoms with E-state index in [4.69, 9.17) is 10.3 Å². The van der Waals surface area contributed by atoms with Crippen LogP contribution >= 0.6 is 0 Å². The van der Waals surface area contributed by atoms with Gasteiger partial charge in [-0.2, -0.15) is 4.98 Å². The van der Waals surface area contributed by atoms with Crippen LogP contribution in [0.1, 0.15) is 31.6 Å². The van der Waals surface area contributed by atoms with Gasteiger partial charge in [0.2, 0.25) is 11.7 Å². The third-order valence-corrected chi connectivity index (χ3v) is 3.59. The molecule has 2 aromatic rings. The predicted molar refractivity (Wildman–Crippen MR) is 65.5 cm³/mol. The van der Waals surface area contributed by atoms with Crippen molar-refractivity contribution in [3.8, 4) is 11.6 Å². The van der Waals surface area contributed by atoms with E-state index in [1.54, 1.807) is 12.4 Å². The van der Waals surface area contributed by atoms with Gasteiger partial charge in [0.15, 0.2) is 5.82 Å². The van der Waals surface area contributed by atoms with Gasteiger partial charge in [0.1, 0.15) is 0 Å². The van der Waals surface area contributed by atoms with Crippen LogP contribution in [-0.4, -0.2) is 26.2 Å². The van der Waals surface area contributed by atoms with Crippen molar-refractivity contribution in [1.82, 2.24) is 20.1 Å². The van der Waals surface area contributed by atoms with Crippen LogP contribution in [0.15, 0.2) is 16.9 Å². The summed E-state index contributed by atoms with van der Waals surface area (Å²) in [6, 6.07) is 0.123. The first-order valence-electron chi connectivity index (χ1n) is 6.41. The monoisotopic (exact) mass is 247 g/mol. The van der Waals surface area contributed by atoms with Crippen molar-refractivity contribution < 1.29 is 4.52 Å². The first-order valence-corrected chi connectivity index (χ1v) is 6.41. The minimum atomic E-state index is 0.123. The first kappa shape index (κ1) is 11.4. The van der Waals surface area contributed by atoms with Gasteiger partial charge >= 0.3 is 0 Å². The summed E-state index contributed by atoms with van der Waals surface area (Å²) in [5.74, 6) is 2.32. The molecular formula is C12H17N5O. The van der Waals surface area contributed by atoms with Gasteiger partial charge in [0, 0.05) is 24.9 Å². The molecule has 2 heterocycles. The Bertz CT molecular complexity index is 486. The van der Waals surface area contributed by atoms with Crippen molar-refractivity contribution in [3.63, 3.8) is 0 Å². The van der Waals surface area contributed by atoms with Gasteiger partial charge in [-0.1, -0.05) is 18.0 Å². The van der Waals surface area contributed by atoms with Crippen molar-refractivity contribution in [2.75, 3.05) is 0 Å². The van der Waals surface area contributed by atoms with Crippen molar-refractivity contribution in [2.45, 2.75) is 38.1 Å². The number of nitrogens with two attached hydrogens (primary N) is 1. The Morgan fingerprint density at radius 1 is 1.44 bits per heavy atom. The Morgan fingerprint density at radius 3 is 3.00 bits per heavy atom. The van der Waals surface area contributed by atoms with Crippen LogP contribution in [0, 0.1) is 5.92 Å². The van der Waals surface area contributed by atoms with Gasteiger partial charge in [-0.15, -0.1) is 0 Å². The third kappa shape index (κ3) is 2.28. The molecule has 1 fully saturated rings. The molecule has 0 aromatic carbocycles. The lowest BCUT2D eigenvalue weighted by molar-refractivity contribution is 0.341. The summed E-state index contributed by atoms with van der Waals surface area (Å²) in [5.41, 5.74) is 6.19. The molecule has 1 atom stereocenters. The lowest BCUT2D eigenvalue weighted by Gasteiger charge is -2.16. The van der Waals surface area contributed by atoms with Crippen molar-refractivity contribution in [1.29, 1.82) is 0 Å². The molecule has 2 aromatic heterocycles. The Labute approximate surface area is 105 Å². The highest BCUT2D eigenvalue weighted by Gasteiger charge is 2.24. The van der Waals surface area contributed by atoms with E-state index in [1.807, 2.05) is 0 Å². The van der Waals surface area contributed by atoms with E-state index in [2.05, 4.69) is 20.1 Å². The topological polar surface area (TPSA) is 93.6 Å². The van der Waals surface area contributed by atoms with Gasteiger partial charge < -0.3 is 15.2 Å². The number of hydrogen-bond acceptors (Lipinski definition) is 5. The lowest BCUT2D eigenvalue weighted by atomic mass is 9.96. The van der Waals surface area contributed by atoms with Crippen LogP contribution in [0.25, 0.3) is 11.6 Å². The van der Waals surface area contributed by atoms with Crippen molar-refractivity contribution in [3.05, 3.63) is 18.3 Å². The average molecular weight is 247 g/mol. The lowest BCUT2D eigenvalue weighted by Crippen LogP contribution is -2.30. The first-order chi connectivity index (χ1) is 8.83. The molecule has 18 heavy (non-hydrogen) atoms. The van der Waals surface area contributed by atoms with Gasteiger partial charge in [-0.05, 0) is 18.8 Å². The molecule has 6 nitrogen and oxygen atoms in total. The number of aromatic nitrogens is 4. The number of aromatic amines is 1. The maximum absolute atomic E-state index is 6.19. The van der Waals surface area contributed by atoms with Crippen molar-refractivity contribution in [2.24, 2.45) is 11.7 Å². The van der Waals surface area contributed by atoms with E-state index < -0.39 is 0 Å². The number of nitrogens with one attached hydrogen (secondary N) is 1. The smallest absolute Gasteiger partial charge is 0.238 e. The van der Waals surface area contributed by atoms with E-state index in [9.17, 15) is 0 Å². The summed E-state index contributed by atoms with van der Waals surface area (Å²) >= 11 is 0. The molecule has 6 heteroatoms. The molecule has 3 rings (SSSR count). The predicted octanol–water partition coefficient (Wildman–Crippen LogP) is 1.52. The highest BCUT2D eigenvalue weighted by molar-refractivity contribution is 5.40. The second-order valence-electron chi connectivity index (χ2n) is 4.86. The van der Waals surface area contributed by atoms with Crippen LogP contribution in [-0.2, 0) is 6.42 Å². The van der Waals surface area contributed by atoms with Gasteiger partial charge in [0.25, 0.3) is 0 Å². The molecule has 1 aliphatic rings. The van der Waals surface area contributed by atoms with E-state index in [1.165, 1.54) is 25.7 Å². The average Bonchev–Trinajstić information content (AvgIpc) is 3.12. The maximum Gasteiger partial charge on any atom is 0.238 e. The van der Waals surface area contributed by atoms with E-state index >= 15 is 0 Å². The van der Waals surface area contributed by atoms with Crippen LogP contribution in [0.2, 0.25) is 0 Å². The molecule has 1 unspecified atom stereocenters. The van der Waals surface area contributed by atoms with Crippen LogP contribution < -0.4 is 5.73 Å². The number of imidazole rings is 1. The Hall–Kier alpha value is -1.69. The Kier molecular flexibility index (Phi) is 3.10. The van der Waals surface area contributed by atoms with Gasteiger partial charge in [-0.3, -0.25) is 0 Å². The minimum Gasteiger partial charge on any atom is -0.342 e. The normalized spacial score (nSPS) is 18.3. The molecule has 1 aliphatic carbocycles. The maximum atomic E-state index is 6.19. The highest BCUT2D eigenvalue weighted by Crippen LogP contribution is 2.28. The van der Waals surface area contributed by atoms with Gasteiger partial charge in [-0.25, -0.2) is 4.98 Å². The molecule has 96 valence electrons. The summed E-state index contributed by atoms with van der Waals surface area (Å²) in [5, 5.41) is 3.90. The molecule has 3 N–H and O–H groups in total. The van der Waals surface area contributed by atoms with E-state index in [0.717, 1.165) is 0 Å².